The Bertz CT molecular complexity index is 584. The Balaban J connectivity index is 2.48. The van der Waals surface area contributed by atoms with Gasteiger partial charge in [-0.3, -0.25) is 4.79 Å². The van der Waals surface area contributed by atoms with Gasteiger partial charge in [-0.25, -0.2) is 0 Å². The molecule has 4 nitrogen and oxygen atoms in total. The molecular weight excluding hydrogens is 230 g/mol. The van der Waals surface area contributed by atoms with Crippen LogP contribution in [0.15, 0.2) is 18.2 Å². The predicted octanol–water partition coefficient (Wildman–Crippen LogP) is 2.89. The van der Waals surface area contributed by atoms with E-state index in [-0.39, 0.29) is 12.5 Å². The van der Waals surface area contributed by atoms with E-state index in [1.54, 1.807) is 0 Å². The minimum Gasteiger partial charge on any atom is -0.491 e. The van der Waals surface area contributed by atoms with Gasteiger partial charge in [0.05, 0.1) is 12.5 Å². The highest BCUT2D eigenvalue weighted by molar-refractivity contribution is 5.89. The molecule has 0 bridgehead atoms. The third-order valence-corrected chi connectivity index (χ3v) is 2.79. The number of aromatic nitrogens is 1. The van der Waals surface area contributed by atoms with Crippen molar-refractivity contribution in [2.75, 3.05) is 0 Å². The molecule has 0 unspecified atom stereocenters. The number of carbonyl (C=O) groups is 1. The molecule has 4 heteroatoms. The molecule has 0 radical (unpaired) electrons. The van der Waals surface area contributed by atoms with Crippen LogP contribution in [-0.4, -0.2) is 22.2 Å². The summed E-state index contributed by atoms with van der Waals surface area (Å²) in [5.74, 6) is -0.0580. The van der Waals surface area contributed by atoms with Crippen molar-refractivity contribution in [1.29, 1.82) is 0 Å². The zero-order valence-electron chi connectivity index (χ0n) is 10.8. The third kappa shape index (κ3) is 2.47. The lowest BCUT2D eigenvalue weighted by Gasteiger charge is -2.09. The van der Waals surface area contributed by atoms with Gasteiger partial charge in [-0.2, -0.15) is 0 Å². The standard InChI is InChI=1S/C14H17NO3/c1-8(2)18-10-4-5-13-12(6-10)11(7-14(16)17)9(3)15-13/h4-6,8,15H,7H2,1-3H3,(H,16,17). The van der Waals surface area contributed by atoms with Crippen LogP contribution in [0.2, 0.25) is 0 Å². The summed E-state index contributed by atoms with van der Waals surface area (Å²) in [4.78, 5) is 14.1. The minimum absolute atomic E-state index is 0.0248. The van der Waals surface area contributed by atoms with Crippen molar-refractivity contribution >= 4 is 16.9 Å². The predicted molar refractivity (Wildman–Crippen MR) is 70.1 cm³/mol. The number of aromatic amines is 1. The third-order valence-electron chi connectivity index (χ3n) is 2.79. The van der Waals surface area contributed by atoms with E-state index in [4.69, 9.17) is 9.84 Å². The van der Waals surface area contributed by atoms with Crippen molar-refractivity contribution < 1.29 is 14.6 Å². The van der Waals surface area contributed by atoms with Gasteiger partial charge in [0.1, 0.15) is 5.75 Å². The first-order chi connectivity index (χ1) is 8.47. The van der Waals surface area contributed by atoms with E-state index < -0.39 is 5.97 Å². The molecule has 0 atom stereocenters. The molecule has 1 heterocycles. The number of nitrogens with one attached hydrogen (secondary N) is 1. The number of benzene rings is 1. The summed E-state index contributed by atoms with van der Waals surface area (Å²) in [6.45, 7) is 5.82. The topological polar surface area (TPSA) is 62.3 Å². The maximum atomic E-state index is 10.9. The van der Waals surface area contributed by atoms with Crippen molar-refractivity contribution in [3.05, 3.63) is 29.5 Å². The molecule has 1 aromatic carbocycles. The van der Waals surface area contributed by atoms with Gasteiger partial charge in [0.25, 0.3) is 0 Å². The summed E-state index contributed by atoms with van der Waals surface area (Å²) in [6, 6.07) is 5.71. The van der Waals surface area contributed by atoms with Gasteiger partial charge in [-0.15, -0.1) is 0 Å². The Morgan fingerprint density at radius 3 is 2.78 bits per heavy atom. The fourth-order valence-corrected chi connectivity index (χ4v) is 2.09. The van der Waals surface area contributed by atoms with Gasteiger partial charge in [0.15, 0.2) is 0 Å². The SMILES string of the molecule is Cc1[nH]c2ccc(OC(C)C)cc2c1CC(=O)O. The molecule has 0 aliphatic heterocycles. The quantitative estimate of drug-likeness (QED) is 0.873. The number of ether oxygens (including phenoxy) is 1. The molecule has 2 rings (SSSR count). The monoisotopic (exact) mass is 247 g/mol. The zero-order valence-corrected chi connectivity index (χ0v) is 10.8. The van der Waals surface area contributed by atoms with Crippen molar-refractivity contribution in [3.8, 4) is 5.75 Å². The number of fused-ring (bicyclic) bond motifs is 1. The number of aliphatic carboxylic acids is 1. The van der Waals surface area contributed by atoms with Gasteiger partial charge < -0.3 is 14.8 Å². The van der Waals surface area contributed by atoms with Crippen molar-refractivity contribution in [3.63, 3.8) is 0 Å². The highest BCUT2D eigenvalue weighted by atomic mass is 16.5. The average Bonchev–Trinajstić information content (AvgIpc) is 2.54. The van der Waals surface area contributed by atoms with Gasteiger partial charge in [0.2, 0.25) is 0 Å². The number of carboxylic acid groups (broad SMARTS) is 1. The lowest BCUT2D eigenvalue weighted by atomic mass is 10.1. The Hall–Kier alpha value is -1.97. The second-order valence-corrected chi connectivity index (χ2v) is 4.67. The van der Waals surface area contributed by atoms with Crippen LogP contribution in [0.3, 0.4) is 0 Å². The number of aryl methyl sites for hydroxylation is 1. The Morgan fingerprint density at radius 1 is 1.44 bits per heavy atom. The van der Waals surface area contributed by atoms with Gasteiger partial charge in [-0.05, 0) is 44.5 Å². The van der Waals surface area contributed by atoms with Crippen molar-refractivity contribution in [1.82, 2.24) is 4.98 Å². The van der Waals surface area contributed by atoms with Crippen LogP contribution >= 0.6 is 0 Å². The first-order valence-corrected chi connectivity index (χ1v) is 5.97. The second kappa shape index (κ2) is 4.72. The van der Waals surface area contributed by atoms with Crippen LogP contribution in [0.25, 0.3) is 10.9 Å². The van der Waals surface area contributed by atoms with Gasteiger partial charge in [-0.1, -0.05) is 0 Å². The lowest BCUT2D eigenvalue weighted by Crippen LogP contribution is -2.05. The molecule has 0 spiro atoms. The molecule has 0 amide bonds. The molecule has 0 aliphatic rings. The molecule has 0 saturated carbocycles. The van der Waals surface area contributed by atoms with Gasteiger partial charge >= 0.3 is 5.97 Å². The largest absolute Gasteiger partial charge is 0.491 e. The van der Waals surface area contributed by atoms with E-state index in [0.717, 1.165) is 27.9 Å². The molecular formula is C14H17NO3. The molecule has 0 aliphatic carbocycles. The molecule has 0 fully saturated rings. The van der Waals surface area contributed by atoms with Gasteiger partial charge in [0, 0.05) is 16.6 Å². The van der Waals surface area contributed by atoms with E-state index in [1.807, 2.05) is 39.0 Å². The number of carboxylic acids is 1. The summed E-state index contributed by atoms with van der Waals surface area (Å²) in [6.07, 6.45) is 0.127. The maximum absolute atomic E-state index is 10.9. The molecule has 1 aromatic heterocycles. The first-order valence-electron chi connectivity index (χ1n) is 5.97. The van der Waals surface area contributed by atoms with E-state index in [9.17, 15) is 4.79 Å². The Labute approximate surface area is 106 Å². The van der Waals surface area contributed by atoms with Crippen molar-refractivity contribution in [2.45, 2.75) is 33.3 Å². The number of hydrogen-bond donors (Lipinski definition) is 2. The van der Waals surface area contributed by atoms with E-state index in [0.29, 0.717) is 0 Å². The first kappa shape index (κ1) is 12.5. The highest BCUT2D eigenvalue weighted by Gasteiger charge is 2.12. The lowest BCUT2D eigenvalue weighted by molar-refractivity contribution is -0.136. The summed E-state index contributed by atoms with van der Waals surface area (Å²) >= 11 is 0. The van der Waals surface area contributed by atoms with E-state index in [2.05, 4.69) is 4.98 Å². The van der Waals surface area contributed by atoms with E-state index in [1.165, 1.54) is 0 Å². The summed E-state index contributed by atoms with van der Waals surface area (Å²) in [5, 5.41) is 9.86. The Morgan fingerprint density at radius 2 is 2.17 bits per heavy atom. The van der Waals surface area contributed by atoms with Crippen LogP contribution < -0.4 is 4.74 Å². The number of hydrogen-bond acceptors (Lipinski definition) is 2. The molecule has 0 saturated heterocycles. The summed E-state index contributed by atoms with van der Waals surface area (Å²) in [7, 11) is 0. The number of H-pyrrole nitrogens is 1. The summed E-state index contributed by atoms with van der Waals surface area (Å²) in [5.41, 5.74) is 2.67. The minimum atomic E-state index is -0.825. The smallest absolute Gasteiger partial charge is 0.307 e. The van der Waals surface area contributed by atoms with Crippen LogP contribution in [-0.2, 0) is 11.2 Å². The van der Waals surface area contributed by atoms with Crippen LogP contribution in [0.5, 0.6) is 5.75 Å². The zero-order chi connectivity index (χ0) is 13.3. The van der Waals surface area contributed by atoms with E-state index >= 15 is 0 Å². The normalized spacial score (nSPS) is 11.1. The van der Waals surface area contributed by atoms with Crippen LogP contribution in [0.4, 0.5) is 0 Å². The molecule has 96 valence electrons. The molecule has 2 N–H and O–H groups in total. The number of rotatable bonds is 4. The molecule has 18 heavy (non-hydrogen) atoms. The summed E-state index contributed by atoms with van der Waals surface area (Å²) < 4.78 is 5.63. The van der Waals surface area contributed by atoms with Crippen molar-refractivity contribution in [2.24, 2.45) is 0 Å². The highest BCUT2D eigenvalue weighted by Crippen LogP contribution is 2.27. The fraction of sp³-hybridized carbons (Fsp3) is 0.357. The second-order valence-electron chi connectivity index (χ2n) is 4.67. The van der Waals surface area contributed by atoms with Crippen LogP contribution in [0, 0.1) is 6.92 Å². The fourth-order valence-electron chi connectivity index (χ4n) is 2.09. The Kier molecular flexibility index (Phi) is 3.28. The van der Waals surface area contributed by atoms with Crippen LogP contribution in [0.1, 0.15) is 25.1 Å². The molecule has 2 aromatic rings. The average molecular weight is 247 g/mol. The maximum Gasteiger partial charge on any atom is 0.307 e.